The van der Waals surface area contributed by atoms with E-state index in [1.54, 1.807) is 12.3 Å². The van der Waals surface area contributed by atoms with Crippen molar-refractivity contribution in [2.45, 2.75) is 50.7 Å². The fourth-order valence-electron chi connectivity index (χ4n) is 4.70. The third-order valence-electron chi connectivity index (χ3n) is 6.58. The van der Waals surface area contributed by atoms with Gasteiger partial charge in [-0.05, 0) is 69.0 Å². The van der Waals surface area contributed by atoms with Gasteiger partial charge in [0.05, 0.1) is 23.3 Å². The van der Waals surface area contributed by atoms with Crippen LogP contribution in [0.2, 0.25) is 5.02 Å². The molecule has 2 aliphatic rings. The molecule has 0 saturated heterocycles. The van der Waals surface area contributed by atoms with Crippen LogP contribution in [0, 0.1) is 5.92 Å². The molecule has 0 bridgehead atoms. The second-order valence-corrected chi connectivity index (χ2v) is 9.58. The van der Waals surface area contributed by atoms with Crippen molar-refractivity contribution < 1.29 is 4.79 Å². The van der Waals surface area contributed by atoms with Crippen LogP contribution >= 0.6 is 11.6 Å². The van der Waals surface area contributed by atoms with Crippen molar-refractivity contribution in [1.82, 2.24) is 20.1 Å². The first-order chi connectivity index (χ1) is 15.0. The monoisotopic (exact) mass is 440 g/mol. The average molecular weight is 441 g/mol. The first-order valence-corrected chi connectivity index (χ1v) is 11.7. The van der Waals surface area contributed by atoms with Crippen LogP contribution in [0.5, 0.6) is 0 Å². The lowest BCUT2D eigenvalue weighted by Gasteiger charge is -2.44. The Balaban J connectivity index is 1.42. The molecule has 1 aromatic carbocycles. The van der Waals surface area contributed by atoms with Gasteiger partial charge in [-0.1, -0.05) is 35.9 Å². The van der Waals surface area contributed by atoms with Gasteiger partial charge in [-0.25, -0.2) is 0 Å². The van der Waals surface area contributed by atoms with E-state index >= 15 is 0 Å². The van der Waals surface area contributed by atoms with Crippen LogP contribution in [0.1, 0.15) is 48.5 Å². The van der Waals surface area contributed by atoms with Gasteiger partial charge in [0.15, 0.2) is 0 Å². The minimum Gasteiger partial charge on any atom is -0.350 e. The number of carbonyl (C=O) groups is 1. The summed E-state index contributed by atoms with van der Waals surface area (Å²) < 4.78 is 0. The van der Waals surface area contributed by atoms with Crippen molar-refractivity contribution in [2.75, 3.05) is 27.2 Å². The molecule has 1 aromatic heterocycles. The van der Waals surface area contributed by atoms with E-state index in [0.29, 0.717) is 30.1 Å². The van der Waals surface area contributed by atoms with Gasteiger partial charge in [0.1, 0.15) is 0 Å². The second-order valence-electron chi connectivity index (χ2n) is 9.15. The van der Waals surface area contributed by atoms with E-state index in [0.717, 1.165) is 31.0 Å². The number of benzene rings is 1. The second kappa shape index (κ2) is 10.1. The lowest BCUT2D eigenvalue weighted by molar-refractivity contribution is -0.121. The molecule has 2 heterocycles. The summed E-state index contributed by atoms with van der Waals surface area (Å²) in [5, 5.41) is 3.62. The number of likely N-dealkylation sites (N-methyl/N-ethyl adjacent to an activating group) is 1. The molecular formula is C25H33ClN4O. The summed E-state index contributed by atoms with van der Waals surface area (Å²) in [5.41, 5.74) is 3.72. The number of aromatic nitrogens is 1. The predicted octanol–water partition coefficient (Wildman–Crippen LogP) is 4.07. The van der Waals surface area contributed by atoms with Crippen LogP contribution in [-0.4, -0.2) is 53.9 Å². The highest BCUT2D eigenvalue weighted by atomic mass is 35.5. The molecule has 1 saturated carbocycles. The van der Waals surface area contributed by atoms with Crippen molar-refractivity contribution in [3.63, 3.8) is 0 Å². The van der Waals surface area contributed by atoms with Crippen molar-refractivity contribution in [3.05, 3.63) is 64.4 Å². The van der Waals surface area contributed by atoms with E-state index in [1.807, 2.05) is 6.07 Å². The number of hydrogen-bond donors (Lipinski definition) is 1. The summed E-state index contributed by atoms with van der Waals surface area (Å²) in [7, 11) is 4.29. The average Bonchev–Trinajstić information content (AvgIpc) is 3.58. The van der Waals surface area contributed by atoms with Crippen molar-refractivity contribution >= 4 is 17.5 Å². The molecule has 1 aliphatic carbocycles. The largest absolute Gasteiger partial charge is 0.350 e. The van der Waals surface area contributed by atoms with Crippen LogP contribution in [-0.2, 0) is 17.8 Å². The molecule has 31 heavy (non-hydrogen) atoms. The molecular weight excluding hydrogens is 408 g/mol. The fraction of sp³-hybridized carbons (Fsp3) is 0.520. The molecule has 4 rings (SSSR count). The number of nitrogens with zero attached hydrogens (tertiary/aromatic N) is 3. The maximum Gasteiger partial charge on any atom is 0.220 e. The summed E-state index contributed by atoms with van der Waals surface area (Å²) in [5.74, 6) is 0.923. The standard InChI is InChI=1S/C25H33ClN4O/c1-29(2)23(11-12-24(31)28-16-21-10-9-20(26)15-27-21)25-22-6-4-3-5-19(22)13-14-30(25)17-18-7-8-18/h3-6,9-10,15,18,23,25H,7-8,11-14,16-17H2,1-2H3,(H,28,31). The van der Waals surface area contributed by atoms with Crippen LogP contribution in [0.15, 0.2) is 42.6 Å². The zero-order valence-electron chi connectivity index (χ0n) is 18.6. The van der Waals surface area contributed by atoms with Gasteiger partial charge in [-0.2, -0.15) is 0 Å². The summed E-state index contributed by atoms with van der Waals surface area (Å²) in [6, 6.07) is 13.1. The van der Waals surface area contributed by atoms with E-state index in [4.69, 9.17) is 11.6 Å². The highest BCUT2D eigenvalue weighted by Gasteiger charge is 2.37. The van der Waals surface area contributed by atoms with Crippen molar-refractivity contribution in [2.24, 2.45) is 5.92 Å². The lowest BCUT2D eigenvalue weighted by atomic mass is 9.85. The number of pyridine rings is 1. The van der Waals surface area contributed by atoms with Gasteiger partial charge in [-0.15, -0.1) is 0 Å². The molecule has 166 valence electrons. The first-order valence-electron chi connectivity index (χ1n) is 11.4. The predicted molar refractivity (Wildman–Crippen MR) is 125 cm³/mol. The van der Waals surface area contributed by atoms with Gasteiger partial charge in [0, 0.05) is 31.7 Å². The minimum atomic E-state index is 0.0708. The molecule has 1 N–H and O–H groups in total. The summed E-state index contributed by atoms with van der Waals surface area (Å²) in [6.07, 6.45) is 6.78. The maximum atomic E-state index is 12.6. The van der Waals surface area contributed by atoms with Crippen LogP contribution in [0.4, 0.5) is 0 Å². The van der Waals surface area contributed by atoms with Gasteiger partial charge in [-0.3, -0.25) is 14.7 Å². The number of fused-ring (bicyclic) bond motifs is 1. The number of hydrogen-bond acceptors (Lipinski definition) is 4. The molecule has 2 aromatic rings. The summed E-state index contributed by atoms with van der Waals surface area (Å²) in [6.45, 7) is 2.72. The number of carbonyl (C=O) groups excluding carboxylic acids is 1. The van der Waals surface area contributed by atoms with Gasteiger partial charge >= 0.3 is 0 Å². The van der Waals surface area contributed by atoms with Crippen LogP contribution in [0.3, 0.4) is 0 Å². The molecule has 1 aliphatic heterocycles. The van der Waals surface area contributed by atoms with Gasteiger partial charge in [0.25, 0.3) is 0 Å². The zero-order valence-corrected chi connectivity index (χ0v) is 19.3. The van der Waals surface area contributed by atoms with E-state index in [2.05, 4.69) is 58.5 Å². The van der Waals surface area contributed by atoms with E-state index in [-0.39, 0.29) is 5.91 Å². The molecule has 1 fully saturated rings. The van der Waals surface area contributed by atoms with Gasteiger partial charge < -0.3 is 10.2 Å². The Hall–Kier alpha value is -1.95. The number of rotatable bonds is 9. The van der Waals surface area contributed by atoms with Crippen molar-refractivity contribution in [1.29, 1.82) is 0 Å². The number of amides is 1. The lowest BCUT2D eigenvalue weighted by Crippen LogP contribution is -2.47. The fourth-order valence-corrected chi connectivity index (χ4v) is 4.82. The molecule has 5 nitrogen and oxygen atoms in total. The zero-order chi connectivity index (χ0) is 21.8. The Labute approximate surface area is 190 Å². The third kappa shape index (κ3) is 5.85. The summed E-state index contributed by atoms with van der Waals surface area (Å²) >= 11 is 5.89. The van der Waals surface area contributed by atoms with Crippen LogP contribution in [0.25, 0.3) is 0 Å². The quantitative estimate of drug-likeness (QED) is 0.638. The Morgan fingerprint density at radius 3 is 2.77 bits per heavy atom. The smallest absolute Gasteiger partial charge is 0.220 e. The topological polar surface area (TPSA) is 48.5 Å². The number of halogens is 1. The van der Waals surface area contributed by atoms with E-state index in [9.17, 15) is 4.79 Å². The Morgan fingerprint density at radius 1 is 1.26 bits per heavy atom. The Bertz CT molecular complexity index is 881. The molecule has 0 radical (unpaired) electrons. The molecule has 2 unspecified atom stereocenters. The van der Waals surface area contributed by atoms with E-state index < -0.39 is 0 Å². The maximum absolute atomic E-state index is 12.6. The van der Waals surface area contributed by atoms with Crippen molar-refractivity contribution in [3.8, 4) is 0 Å². The normalized spacial score (nSPS) is 19.8. The Morgan fingerprint density at radius 2 is 2.06 bits per heavy atom. The van der Waals surface area contributed by atoms with Gasteiger partial charge in [0.2, 0.25) is 5.91 Å². The Kier molecular flexibility index (Phi) is 7.26. The first kappa shape index (κ1) is 22.3. The number of nitrogens with one attached hydrogen (secondary N) is 1. The summed E-state index contributed by atoms with van der Waals surface area (Å²) in [4.78, 5) is 21.9. The SMILES string of the molecule is CN(C)C(CCC(=O)NCc1ccc(Cl)cn1)C1c2ccccc2CCN1CC1CC1. The third-order valence-corrected chi connectivity index (χ3v) is 6.80. The molecule has 2 atom stereocenters. The molecule has 0 spiro atoms. The minimum absolute atomic E-state index is 0.0708. The molecule has 1 amide bonds. The van der Waals surface area contributed by atoms with Crippen LogP contribution < -0.4 is 5.32 Å². The highest BCUT2D eigenvalue weighted by Crippen LogP contribution is 2.39. The highest BCUT2D eigenvalue weighted by molar-refractivity contribution is 6.30. The van der Waals surface area contributed by atoms with E-state index in [1.165, 1.54) is 30.5 Å². The molecule has 6 heteroatoms.